The fourth-order valence-electron chi connectivity index (χ4n) is 9.97. The Morgan fingerprint density at radius 2 is 0.923 bits per heavy atom. The van der Waals surface area contributed by atoms with Gasteiger partial charge in [-0.3, -0.25) is 0 Å². The molecule has 0 unspecified atom stereocenters. The van der Waals surface area contributed by atoms with Crippen molar-refractivity contribution in [3.63, 3.8) is 0 Å². The van der Waals surface area contributed by atoms with Gasteiger partial charge in [0, 0.05) is 54.7 Å². The maximum atomic E-state index is 6.68. The van der Waals surface area contributed by atoms with Gasteiger partial charge in [0.15, 0.2) is 17.5 Å². The van der Waals surface area contributed by atoms with Gasteiger partial charge in [-0.1, -0.05) is 133 Å². The van der Waals surface area contributed by atoms with Gasteiger partial charge in [-0.2, -0.15) is 0 Å². The molecular formula is C59H34N4O2. The van der Waals surface area contributed by atoms with Crippen LogP contribution in [0.3, 0.4) is 0 Å². The summed E-state index contributed by atoms with van der Waals surface area (Å²) in [7, 11) is 0. The number of nitrogens with zero attached hydrogens (tertiary/aromatic N) is 4. The van der Waals surface area contributed by atoms with Gasteiger partial charge in [-0.15, -0.1) is 0 Å². The monoisotopic (exact) mass is 830 g/mol. The summed E-state index contributed by atoms with van der Waals surface area (Å²) in [5, 5.41) is 11.3. The summed E-state index contributed by atoms with van der Waals surface area (Å²) in [5.74, 6) is 1.69. The summed E-state index contributed by atoms with van der Waals surface area (Å²) >= 11 is 0. The van der Waals surface area contributed by atoms with Crippen molar-refractivity contribution in [2.45, 2.75) is 0 Å². The molecule has 4 heterocycles. The third-order valence-corrected chi connectivity index (χ3v) is 13.0. The van der Waals surface area contributed by atoms with Crippen LogP contribution in [0.15, 0.2) is 215 Å². The first-order valence-electron chi connectivity index (χ1n) is 21.8. The van der Waals surface area contributed by atoms with E-state index in [1.807, 2.05) is 54.6 Å². The van der Waals surface area contributed by atoms with Crippen LogP contribution in [0.2, 0.25) is 0 Å². The lowest BCUT2D eigenvalue weighted by atomic mass is 9.93. The Morgan fingerprint density at radius 3 is 1.75 bits per heavy atom. The first-order valence-corrected chi connectivity index (χ1v) is 21.8. The van der Waals surface area contributed by atoms with E-state index in [4.69, 9.17) is 23.8 Å². The second-order valence-corrected chi connectivity index (χ2v) is 16.8. The highest BCUT2D eigenvalue weighted by atomic mass is 16.3. The average molecular weight is 831 g/mol. The molecule has 0 bridgehead atoms. The zero-order valence-corrected chi connectivity index (χ0v) is 34.7. The fourth-order valence-corrected chi connectivity index (χ4v) is 9.97. The third-order valence-electron chi connectivity index (χ3n) is 13.0. The molecule has 14 rings (SSSR count). The molecule has 0 fully saturated rings. The number of furan rings is 2. The molecule has 0 aliphatic heterocycles. The molecule has 10 aromatic carbocycles. The molecule has 0 saturated carbocycles. The highest BCUT2D eigenvalue weighted by Gasteiger charge is 2.22. The zero-order chi connectivity index (χ0) is 42.6. The number of benzene rings is 10. The first-order chi connectivity index (χ1) is 32.2. The van der Waals surface area contributed by atoms with Gasteiger partial charge >= 0.3 is 0 Å². The van der Waals surface area contributed by atoms with Crippen LogP contribution >= 0.6 is 0 Å². The van der Waals surface area contributed by atoms with Crippen LogP contribution in [-0.4, -0.2) is 19.5 Å². The van der Waals surface area contributed by atoms with Crippen LogP contribution in [0.1, 0.15) is 0 Å². The van der Waals surface area contributed by atoms with Crippen molar-refractivity contribution in [2.75, 3.05) is 0 Å². The van der Waals surface area contributed by atoms with Crippen molar-refractivity contribution in [3.05, 3.63) is 206 Å². The number of para-hydroxylation sites is 2. The Hall–Kier alpha value is -8.87. The van der Waals surface area contributed by atoms with Gasteiger partial charge in [0.1, 0.15) is 22.3 Å². The molecule has 6 heteroatoms. The van der Waals surface area contributed by atoms with Crippen molar-refractivity contribution in [2.24, 2.45) is 0 Å². The van der Waals surface area contributed by atoms with E-state index in [2.05, 4.69) is 156 Å². The average Bonchev–Trinajstić information content (AvgIpc) is 4.03. The lowest BCUT2D eigenvalue weighted by molar-refractivity contribution is 0.669. The Labute approximate surface area is 371 Å². The van der Waals surface area contributed by atoms with Crippen molar-refractivity contribution in [3.8, 4) is 51.0 Å². The molecular weight excluding hydrogens is 797 g/mol. The molecule has 0 spiro atoms. The summed E-state index contributed by atoms with van der Waals surface area (Å²) in [6.07, 6.45) is 0. The zero-order valence-electron chi connectivity index (χ0n) is 34.7. The fraction of sp³-hybridized carbons (Fsp3) is 0. The summed E-state index contributed by atoms with van der Waals surface area (Å²) in [6.45, 7) is 0. The van der Waals surface area contributed by atoms with Crippen LogP contribution < -0.4 is 0 Å². The van der Waals surface area contributed by atoms with Gasteiger partial charge in [0.2, 0.25) is 0 Å². The van der Waals surface area contributed by atoms with E-state index in [-0.39, 0.29) is 0 Å². The van der Waals surface area contributed by atoms with E-state index in [9.17, 15) is 0 Å². The third kappa shape index (κ3) is 5.57. The van der Waals surface area contributed by atoms with E-state index in [0.717, 1.165) is 99.2 Å². The quantitative estimate of drug-likeness (QED) is 0.173. The van der Waals surface area contributed by atoms with Crippen LogP contribution in [0.5, 0.6) is 0 Å². The van der Waals surface area contributed by atoms with Crippen LogP contribution in [0, 0.1) is 0 Å². The minimum atomic E-state index is 0.555. The normalized spacial score (nSPS) is 12.0. The highest BCUT2D eigenvalue weighted by molar-refractivity contribution is 6.17. The van der Waals surface area contributed by atoms with Crippen LogP contribution in [0.4, 0.5) is 0 Å². The lowest BCUT2D eigenvalue weighted by Crippen LogP contribution is -2.02. The minimum absolute atomic E-state index is 0.555. The molecule has 65 heavy (non-hydrogen) atoms. The molecule has 0 amide bonds. The number of aromatic nitrogens is 4. The summed E-state index contributed by atoms with van der Waals surface area (Å²) in [5.41, 5.74) is 11.2. The van der Waals surface area contributed by atoms with Gasteiger partial charge in [-0.05, 0) is 105 Å². The predicted molar refractivity (Wildman–Crippen MR) is 265 cm³/mol. The molecule has 0 N–H and O–H groups in total. The molecule has 0 aliphatic rings. The maximum absolute atomic E-state index is 6.68. The molecule has 0 radical (unpaired) electrons. The van der Waals surface area contributed by atoms with Gasteiger partial charge < -0.3 is 13.4 Å². The standard InChI is InChI=1S/C59H34N4O2/c1-2-13-35(14-3-1)57-60-58(40-25-27-44-43-20-9-11-23-52(43)64-54(44)33-40)62-59(61-57)46-28-26-41(63-50-22-10-8-19-42(50)48-29-36-15-4-6-17-38(36)31-51(48)63)34-47(46)45-21-12-24-53-56(45)49-30-37-16-5-7-18-39(37)32-55(49)65-53/h1-34H. The summed E-state index contributed by atoms with van der Waals surface area (Å²) < 4.78 is 15.4. The van der Waals surface area contributed by atoms with Crippen molar-refractivity contribution in [1.82, 2.24) is 19.5 Å². The lowest BCUT2D eigenvalue weighted by Gasteiger charge is -2.16. The minimum Gasteiger partial charge on any atom is -0.456 e. The molecule has 0 aliphatic carbocycles. The van der Waals surface area contributed by atoms with E-state index >= 15 is 0 Å². The number of hydrogen-bond donors (Lipinski definition) is 0. The Bertz CT molecular complexity index is 4250. The number of hydrogen-bond acceptors (Lipinski definition) is 5. The Morgan fingerprint density at radius 1 is 0.308 bits per heavy atom. The van der Waals surface area contributed by atoms with Crippen molar-refractivity contribution < 1.29 is 8.83 Å². The highest BCUT2D eigenvalue weighted by Crippen LogP contribution is 2.44. The smallest absolute Gasteiger partial charge is 0.164 e. The molecule has 302 valence electrons. The Kier molecular flexibility index (Phi) is 7.59. The SMILES string of the molecule is c1ccc(-c2nc(-c3ccc4c(c3)oc3ccccc34)nc(-c3ccc(-n4c5ccccc5c5cc6ccccc6cc54)cc3-c3cccc4oc5cc6ccccc6cc5c34)n2)cc1. The number of fused-ring (bicyclic) bond motifs is 11. The molecule has 0 atom stereocenters. The Balaban J connectivity index is 1.06. The van der Waals surface area contributed by atoms with Crippen LogP contribution in [0.25, 0.3) is 138 Å². The van der Waals surface area contributed by atoms with Crippen molar-refractivity contribution >= 4 is 87.2 Å². The summed E-state index contributed by atoms with van der Waals surface area (Å²) in [4.78, 5) is 15.8. The largest absolute Gasteiger partial charge is 0.456 e. The maximum Gasteiger partial charge on any atom is 0.164 e. The van der Waals surface area contributed by atoms with Gasteiger partial charge in [0.25, 0.3) is 0 Å². The summed E-state index contributed by atoms with van der Waals surface area (Å²) in [6, 6.07) is 72.3. The molecule has 14 aromatic rings. The van der Waals surface area contributed by atoms with E-state index < -0.39 is 0 Å². The van der Waals surface area contributed by atoms with Gasteiger partial charge in [0.05, 0.1) is 11.0 Å². The van der Waals surface area contributed by atoms with E-state index in [1.165, 1.54) is 21.5 Å². The topological polar surface area (TPSA) is 69.9 Å². The van der Waals surface area contributed by atoms with E-state index in [1.54, 1.807) is 0 Å². The number of rotatable bonds is 5. The molecule has 0 saturated heterocycles. The molecule has 6 nitrogen and oxygen atoms in total. The van der Waals surface area contributed by atoms with Gasteiger partial charge in [-0.25, -0.2) is 15.0 Å². The van der Waals surface area contributed by atoms with Crippen LogP contribution in [-0.2, 0) is 0 Å². The second-order valence-electron chi connectivity index (χ2n) is 16.8. The first kappa shape index (κ1) is 35.7. The predicted octanol–water partition coefficient (Wildman–Crippen LogP) is 15.7. The molecule has 4 aromatic heterocycles. The van der Waals surface area contributed by atoms with E-state index in [0.29, 0.717) is 17.5 Å². The second kappa shape index (κ2) is 13.8. The van der Waals surface area contributed by atoms with Crippen molar-refractivity contribution in [1.29, 1.82) is 0 Å².